The second kappa shape index (κ2) is 9.38. The summed E-state index contributed by atoms with van der Waals surface area (Å²) in [5.74, 6) is 0.265. The quantitative estimate of drug-likeness (QED) is 0.423. The first-order valence-corrected chi connectivity index (χ1v) is 9.50. The Morgan fingerprint density at radius 3 is 2.63 bits per heavy atom. The Morgan fingerprint density at radius 1 is 1.30 bits per heavy atom. The molecule has 0 saturated carbocycles. The fourth-order valence-corrected chi connectivity index (χ4v) is 3.15. The zero-order chi connectivity index (χ0) is 20.0. The molecule has 7 nitrogen and oxygen atoms in total. The van der Waals surface area contributed by atoms with Gasteiger partial charge in [-0.3, -0.25) is 14.9 Å². The molecule has 144 valence electrons. The van der Waals surface area contributed by atoms with Crippen molar-refractivity contribution in [2.45, 2.75) is 10.9 Å². The standard InChI is InChI=1S/C19H23N3O4S/c1-21(2)18(13-6-5-7-14(10-13)26-3)12-20-19(23)16-11-15(27-4)8-9-17(16)22(24)25/h5-11,18H,12H2,1-4H3,(H,20,23). The molecule has 1 unspecified atom stereocenters. The highest BCUT2D eigenvalue weighted by Gasteiger charge is 2.22. The average Bonchev–Trinajstić information content (AvgIpc) is 2.67. The average molecular weight is 389 g/mol. The first-order chi connectivity index (χ1) is 12.9. The molecule has 1 N–H and O–H groups in total. The number of nitro benzene ring substituents is 1. The third kappa shape index (κ3) is 5.21. The molecule has 0 aromatic heterocycles. The van der Waals surface area contributed by atoms with E-state index in [0.717, 1.165) is 16.2 Å². The number of nitrogens with one attached hydrogen (secondary N) is 1. The number of nitrogens with zero attached hydrogens (tertiary/aromatic N) is 2. The molecule has 1 atom stereocenters. The topological polar surface area (TPSA) is 84.7 Å². The first-order valence-electron chi connectivity index (χ1n) is 8.28. The van der Waals surface area contributed by atoms with Gasteiger partial charge in [0.25, 0.3) is 11.6 Å². The molecule has 0 bridgehead atoms. The number of methoxy groups -OCH3 is 1. The Kier molecular flexibility index (Phi) is 7.20. The minimum atomic E-state index is -0.537. The molecule has 0 spiro atoms. The molecule has 0 saturated heterocycles. The maximum absolute atomic E-state index is 12.7. The lowest BCUT2D eigenvalue weighted by Gasteiger charge is -2.25. The minimum absolute atomic E-state index is 0.0648. The highest BCUT2D eigenvalue weighted by Crippen LogP contribution is 2.26. The van der Waals surface area contributed by atoms with Crippen LogP contribution < -0.4 is 10.1 Å². The summed E-state index contributed by atoms with van der Waals surface area (Å²) in [5, 5.41) is 14.1. The Balaban J connectivity index is 2.22. The van der Waals surface area contributed by atoms with E-state index in [1.165, 1.54) is 17.8 Å². The van der Waals surface area contributed by atoms with Gasteiger partial charge < -0.3 is 15.0 Å². The van der Waals surface area contributed by atoms with Gasteiger partial charge in [-0.1, -0.05) is 12.1 Å². The molecule has 2 aromatic rings. The van der Waals surface area contributed by atoms with Gasteiger partial charge in [-0.05, 0) is 50.2 Å². The van der Waals surface area contributed by atoms with Crippen molar-refractivity contribution in [1.29, 1.82) is 0 Å². The number of likely N-dealkylation sites (N-methyl/N-ethyl adjacent to an activating group) is 1. The third-order valence-corrected chi connectivity index (χ3v) is 4.93. The predicted octanol–water partition coefficient (Wildman–Crippen LogP) is 3.36. The molecule has 0 aliphatic heterocycles. The molecule has 8 heteroatoms. The van der Waals surface area contributed by atoms with Gasteiger partial charge in [-0.25, -0.2) is 0 Å². The smallest absolute Gasteiger partial charge is 0.282 e. The molecule has 0 aliphatic rings. The number of thioether (sulfide) groups is 1. The number of amides is 1. The van der Waals surface area contributed by atoms with Gasteiger partial charge in [0.05, 0.1) is 18.1 Å². The first kappa shape index (κ1) is 20.7. The van der Waals surface area contributed by atoms with E-state index in [-0.39, 0.29) is 17.3 Å². The SMILES string of the molecule is COc1cccc(C(CNC(=O)c2cc(SC)ccc2[N+](=O)[O-])N(C)C)c1. The van der Waals surface area contributed by atoms with E-state index in [0.29, 0.717) is 6.54 Å². The molecule has 0 heterocycles. The Hall–Kier alpha value is -2.58. The van der Waals surface area contributed by atoms with Crippen molar-refractivity contribution in [3.63, 3.8) is 0 Å². The van der Waals surface area contributed by atoms with E-state index < -0.39 is 10.8 Å². The van der Waals surface area contributed by atoms with Crippen LogP contribution in [0.3, 0.4) is 0 Å². The van der Waals surface area contributed by atoms with Crippen molar-refractivity contribution in [3.8, 4) is 5.75 Å². The van der Waals surface area contributed by atoms with Crippen molar-refractivity contribution in [2.24, 2.45) is 0 Å². The van der Waals surface area contributed by atoms with Crippen molar-refractivity contribution in [3.05, 3.63) is 63.7 Å². The van der Waals surface area contributed by atoms with Crippen LogP contribution in [0.1, 0.15) is 22.0 Å². The highest BCUT2D eigenvalue weighted by atomic mass is 32.2. The van der Waals surface area contributed by atoms with Crippen molar-refractivity contribution in [2.75, 3.05) is 34.0 Å². The zero-order valence-electron chi connectivity index (χ0n) is 15.8. The third-order valence-electron chi connectivity index (χ3n) is 4.20. The number of hydrogen-bond donors (Lipinski definition) is 1. The lowest BCUT2D eigenvalue weighted by molar-refractivity contribution is -0.385. The zero-order valence-corrected chi connectivity index (χ0v) is 16.6. The number of nitro groups is 1. The summed E-state index contributed by atoms with van der Waals surface area (Å²) in [6.07, 6.45) is 1.85. The van der Waals surface area contributed by atoms with Crippen LogP contribution >= 0.6 is 11.8 Å². The number of carbonyl (C=O) groups is 1. The van der Waals surface area contributed by atoms with Crippen LogP contribution in [-0.4, -0.2) is 49.7 Å². The predicted molar refractivity (Wildman–Crippen MR) is 107 cm³/mol. The Morgan fingerprint density at radius 2 is 2.04 bits per heavy atom. The second-order valence-electron chi connectivity index (χ2n) is 6.11. The fourth-order valence-electron chi connectivity index (χ4n) is 2.72. The van der Waals surface area contributed by atoms with Crippen molar-refractivity contribution < 1.29 is 14.5 Å². The maximum atomic E-state index is 12.7. The van der Waals surface area contributed by atoms with Gasteiger partial charge in [0.15, 0.2) is 0 Å². The largest absolute Gasteiger partial charge is 0.497 e. The summed E-state index contributed by atoms with van der Waals surface area (Å²) in [6, 6.07) is 12.1. The van der Waals surface area contributed by atoms with E-state index >= 15 is 0 Å². The van der Waals surface area contributed by atoms with E-state index in [9.17, 15) is 14.9 Å². The molecule has 1 amide bonds. The van der Waals surface area contributed by atoms with Crippen LogP contribution in [0.2, 0.25) is 0 Å². The number of carbonyl (C=O) groups excluding carboxylic acids is 1. The number of benzene rings is 2. The number of hydrogen-bond acceptors (Lipinski definition) is 6. The normalized spacial score (nSPS) is 11.9. The summed E-state index contributed by atoms with van der Waals surface area (Å²) in [4.78, 5) is 26.1. The molecule has 2 aromatic carbocycles. The van der Waals surface area contributed by atoms with Crippen LogP contribution in [-0.2, 0) is 0 Å². The van der Waals surface area contributed by atoms with Gasteiger partial charge in [-0.15, -0.1) is 11.8 Å². The van der Waals surface area contributed by atoms with E-state index in [2.05, 4.69) is 5.32 Å². The van der Waals surface area contributed by atoms with Gasteiger partial charge >= 0.3 is 0 Å². The summed E-state index contributed by atoms with van der Waals surface area (Å²) in [7, 11) is 5.42. The highest BCUT2D eigenvalue weighted by molar-refractivity contribution is 7.98. The summed E-state index contributed by atoms with van der Waals surface area (Å²) < 4.78 is 5.26. The summed E-state index contributed by atoms with van der Waals surface area (Å²) in [6.45, 7) is 0.305. The Bertz CT molecular complexity index is 826. The maximum Gasteiger partial charge on any atom is 0.282 e. The van der Waals surface area contributed by atoms with Gasteiger partial charge in [0.1, 0.15) is 11.3 Å². The van der Waals surface area contributed by atoms with Gasteiger partial charge in [-0.2, -0.15) is 0 Å². The molecule has 27 heavy (non-hydrogen) atoms. The number of ether oxygens (including phenoxy) is 1. The van der Waals surface area contributed by atoms with Crippen LogP contribution in [0.25, 0.3) is 0 Å². The van der Waals surface area contributed by atoms with Crippen molar-refractivity contribution in [1.82, 2.24) is 10.2 Å². The number of rotatable bonds is 8. The van der Waals surface area contributed by atoms with Crippen LogP contribution in [0.15, 0.2) is 47.4 Å². The monoisotopic (exact) mass is 389 g/mol. The molecular formula is C19H23N3O4S. The molecular weight excluding hydrogens is 366 g/mol. The van der Waals surface area contributed by atoms with E-state index in [1.807, 2.05) is 49.5 Å². The lowest BCUT2D eigenvalue weighted by Crippen LogP contribution is -2.34. The molecule has 0 aliphatic carbocycles. The van der Waals surface area contributed by atoms with E-state index in [1.54, 1.807) is 19.2 Å². The lowest BCUT2D eigenvalue weighted by atomic mass is 10.1. The van der Waals surface area contributed by atoms with Crippen LogP contribution in [0.4, 0.5) is 5.69 Å². The van der Waals surface area contributed by atoms with Gasteiger partial charge in [0, 0.05) is 17.5 Å². The minimum Gasteiger partial charge on any atom is -0.497 e. The fraction of sp³-hybridized carbons (Fsp3) is 0.316. The van der Waals surface area contributed by atoms with Crippen molar-refractivity contribution >= 4 is 23.4 Å². The molecule has 2 rings (SSSR count). The van der Waals surface area contributed by atoms with Crippen LogP contribution in [0.5, 0.6) is 5.75 Å². The summed E-state index contributed by atoms with van der Waals surface area (Å²) in [5.41, 5.74) is 0.843. The van der Waals surface area contributed by atoms with Gasteiger partial charge in [0.2, 0.25) is 0 Å². The van der Waals surface area contributed by atoms with E-state index in [4.69, 9.17) is 4.74 Å². The summed E-state index contributed by atoms with van der Waals surface area (Å²) >= 11 is 1.43. The second-order valence-corrected chi connectivity index (χ2v) is 6.99. The van der Waals surface area contributed by atoms with Crippen LogP contribution in [0, 0.1) is 10.1 Å². The molecule has 0 radical (unpaired) electrons. The molecule has 0 fully saturated rings. The Labute approximate surface area is 162 Å².